The molecule has 0 atom stereocenters. The van der Waals surface area contributed by atoms with Crippen LogP contribution in [0.3, 0.4) is 0 Å². The van der Waals surface area contributed by atoms with Crippen molar-refractivity contribution < 1.29 is 4.74 Å². The summed E-state index contributed by atoms with van der Waals surface area (Å²) in [5.74, 6) is 1.61. The molecule has 0 bridgehead atoms. The molecular formula is C16H21N7O. The lowest BCUT2D eigenvalue weighted by molar-refractivity contribution is 0.178. The van der Waals surface area contributed by atoms with E-state index < -0.39 is 0 Å². The highest BCUT2D eigenvalue weighted by molar-refractivity contribution is 5.87. The van der Waals surface area contributed by atoms with Crippen LogP contribution in [0.4, 0.5) is 5.82 Å². The molecular weight excluding hydrogens is 306 g/mol. The zero-order valence-electron chi connectivity index (χ0n) is 14.4. The Kier molecular flexibility index (Phi) is 3.49. The van der Waals surface area contributed by atoms with E-state index in [-0.39, 0.29) is 0 Å². The third kappa shape index (κ3) is 2.34. The predicted octanol–water partition coefficient (Wildman–Crippen LogP) is 1.38. The van der Waals surface area contributed by atoms with Gasteiger partial charge in [0.15, 0.2) is 11.5 Å². The van der Waals surface area contributed by atoms with E-state index >= 15 is 0 Å². The van der Waals surface area contributed by atoms with E-state index in [1.165, 1.54) is 5.69 Å². The van der Waals surface area contributed by atoms with E-state index in [0.29, 0.717) is 18.5 Å². The van der Waals surface area contributed by atoms with Crippen molar-refractivity contribution in [3.05, 3.63) is 29.5 Å². The third-order valence-corrected chi connectivity index (χ3v) is 4.44. The number of aromatic nitrogens is 6. The van der Waals surface area contributed by atoms with Crippen LogP contribution in [0.15, 0.2) is 12.3 Å². The molecule has 0 aliphatic carbocycles. The summed E-state index contributed by atoms with van der Waals surface area (Å²) >= 11 is 0. The minimum absolute atomic E-state index is 0.381. The highest BCUT2D eigenvalue weighted by atomic mass is 16.5. The van der Waals surface area contributed by atoms with Crippen LogP contribution in [0, 0.1) is 13.8 Å². The van der Waals surface area contributed by atoms with Crippen molar-refractivity contribution in [2.75, 3.05) is 25.1 Å². The second-order valence-corrected chi connectivity index (χ2v) is 6.33. The first-order valence-corrected chi connectivity index (χ1v) is 8.02. The molecule has 0 spiro atoms. The molecule has 1 aliphatic heterocycles. The Morgan fingerprint density at radius 3 is 2.71 bits per heavy atom. The number of hydrogen-bond acceptors (Lipinski definition) is 6. The SMILES string of the molecule is COCc1nc(N2CC(n3nc(C)cc3C)C2)c2cnn(C)c2n1. The lowest BCUT2D eigenvalue weighted by Gasteiger charge is -2.40. The quantitative estimate of drug-likeness (QED) is 0.721. The van der Waals surface area contributed by atoms with Crippen LogP contribution in [0.2, 0.25) is 0 Å². The van der Waals surface area contributed by atoms with E-state index in [9.17, 15) is 0 Å². The molecule has 1 aliphatic rings. The zero-order chi connectivity index (χ0) is 16.8. The maximum Gasteiger partial charge on any atom is 0.163 e. The Balaban J connectivity index is 1.64. The molecule has 1 saturated heterocycles. The molecule has 0 N–H and O–H groups in total. The monoisotopic (exact) mass is 327 g/mol. The summed E-state index contributed by atoms with van der Waals surface area (Å²) in [5, 5.41) is 9.89. The van der Waals surface area contributed by atoms with Crippen molar-refractivity contribution in [2.24, 2.45) is 7.05 Å². The molecule has 1 fully saturated rings. The van der Waals surface area contributed by atoms with E-state index in [1.807, 2.05) is 20.2 Å². The van der Waals surface area contributed by atoms with Gasteiger partial charge in [0, 0.05) is 32.9 Å². The van der Waals surface area contributed by atoms with Gasteiger partial charge in [-0.05, 0) is 19.9 Å². The molecule has 24 heavy (non-hydrogen) atoms. The molecule has 4 heterocycles. The minimum Gasteiger partial charge on any atom is -0.377 e. The van der Waals surface area contributed by atoms with Crippen LogP contribution >= 0.6 is 0 Å². The first-order chi connectivity index (χ1) is 11.6. The minimum atomic E-state index is 0.381. The van der Waals surface area contributed by atoms with Gasteiger partial charge in [0.2, 0.25) is 0 Å². The Morgan fingerprint density at radius 2 is 2.04 bits per heavy atom. The van der Waals surface area contributed by atoms with E-state index in [4.69, 9.17) is 4.74 Å². The molecule has 8 heteroatoms. The van der Waals surface area contributed by atoms with Crippen LogP contribution in [0.5, 0.6) is 0 Å². The number of anilines is 1. The zero-order valence-corrected chi connectivity index (χ0v) is 14.4. The fraction of sp³-hybridized carbons (Fsp3) is 0.500. The third-order valence-electron chi connectivity index (χ3n) is 4.44. The van der Waals surface area contributed by atoms with Gasteiger partial charge < -0.3 is 9.64 Å². The van der Waals surface area contributed by atoms with Gasteiger partial charge >= 0.3 is 0 Å². The van der Waals surface area contributed by atoms with Gasteiger partial charge in [-0.15, -0.1) is 0 Å². The van der Waals surface area contributed by atoms with E-state index in [2.05, 4.69) is 42.7 Å². The Hall–Kier alpha value is -2.48. The normalized spacial score (nSPS) is 15.2. The standard InChI is InChI=1S/C16H21N7O/c1-10-5-11(2)23(20-10)12-7-22(8-12)16-13-6-17-21(3)15(13)18-14(19-16)9-24-4/h5-6,12H,7-9H2,1-4H3. The first-order valence-electron chi connectivity index (χ1n) is 8.02. The molecule has 0 amide bonds. The van der Waals surface area contributed by atoms with Crippen LogP contribution in [-0.4, -0.2) is 49.7 Å². The lowest BCUT2D eigenvalue weighted by Crippen LogP contribution is -2.49. The van der Waals surface area contributed by atoms with Crippen LogP contribution in [0.1, 0.15) is 23.3 Å². The summed E-state index contributed by atoms with van der Waals surface area (Å²) in [6, 6.07) is 2.50. The summed E-state index contributed by atoms with van der Waals surface area (Å²) in [4.78, 5) is 11.5. The fourth-order valence-electron chi connectivity index (χ4n) is 3.28. The Labute approximate surface area is 140 Å². The molecule has 3 aromatic heterocycles. The molecule has 0 radical (unpaired) electrons. The lowest BCUT2D eigenvalue weighted by atomic mass is 10.1. The number of rotatable bonds is 4. The molecule has 4 rings (SSSR count). The largest absolute Gasteiger partial charge is 0.377 e. The summed E-state index contributed by atoms with van der Waals surface area (Å²) in [7, 11) is 3.55. The summed E-state index contributed by atoms with van der Waals surface area (Å²) in [6.45, 7) is 6.29. The number of nitrogens with zero attached hydrogens (tertiary/aromatic N) is 7. The van der Waals surface area contributed by atoms with E-state index in [1.54, 1.807) is 11.8 Å². The van der Waals surface area contributed by atoms with E-state index in [0.717, 1.165) is 35.6 Å². The van der Waals surface area contributed by atoms with Crippen LogP contribution in [-0.2, 0) is 18.4 Å². The van der Waals surface area contributed by atoms with Gasteiger partial charge in [-0.3, -0.25) is 9.36 Å². The maximum absolute atomic E-state index is 5.20. The van der Waals surface area contributed by atoms with Gasteiger partial charge in [-0.1, -0.05) is 0 Å². The van der Waals surface area contributed by atoms with Gasteiger partial charge in [0.05, 0.1) is 23.3 Å². The Bertz CT molecular complexity index is 891. The van der Waals surface area contributed by atoms with Gasteiger partial charge in [-0.25, -0.2) is 9.97 Å². The molecule has 0 saturated carbocycles. The molecule has 3 aromatic rings. The van der Waals surface area contributed by atoms with Crippen molar-refractivity contribution in [3.8, 4) is 0 Å². The number of aryl methyl sites for hydroxylation is 3. The predicted molar refractivity (Wildman–Crippen MR) is 90.0 cm³/mol. The summed E-state index contributed by atoms with van der Waals surface area (Å²) in [6.07, 6.45) is 1.83. The molecule has 0 aromatic carbocycles. The fourth-order valence-corrected chi connectivity index (χ4v) is 3.28. The first kappa shape index (κ1) is 15.1. The average Bonchev–Trinajstić information content (AvgIpc) is 3.02. The highest BCUT2D eigenvalue weighted by Crippen LogP contribution is 2.32. The molecule has 0 unspecified atom stereocenters. The number of hydrogen-bond donors (Lipinski definition) is 0. The highest BCUT2D eigenvalue weighted by Gasteiger charge is 2.32. The number of fused-ring (bicyclic) bond motifs is 1. The van der Waals surface area contributed by atoms with Crippen molar-refractivity contribution in [3.63, 3.8) is 0 Å². The number of methoxy groups -OCH3 is 1. The smallest absolute Gasteiger partial charge is 0.163 e. The second kappa shape index (κ2) is 5.55. The van der Waals surface area contributed by atoms with Gasteiger partial charge in [-0.2, -0.15) is 10.2 Å². The van der Waals surface area contributed by atoms with Gasteiger partial charge in [0.25, 0.3) is 0 Å². The molecule has 126 valence electrons. The average molecular weight is 327 g/mol. The second-order valence-electron chi connectivity index (χ2n) is 6.33. The van der Waals surface area contributed by atoms with Crippen molar-refractivity contribution in [1.82, 2.24) is 29.5 Å². The van der Waals surface area contributed by atoms with Crippen molar-refractivity contribution in [1.29, 1.82) is 0 Å². The van der Waals surface area contributed by atoms with Crippen molar-refractivity contribution >= 4 is 16.9 Å². The Morgan fingerprint density at radius 1 is 1.25 bits per heavy atom. The van der Waals surface area contributed by atoms with Crippen LogP contribution in [0.25, 0.3) is 11.0 Å². The van der Waals surface area contributed by atoms with Gasteiger partial charge in [0.1, 0.15) is 12.4 Å². The number of ether oxygens (including phenoxy) is 1. The maximum atomic E-state index is 5.20. The summed E-state index contributed by atoms with van der Waals surface area (Å²) < 4.78 is 9.09. The molecule has 8 nitrogen and oxygen atoms in total. The topological polar surface area (TPSA) is 73.9 Å². The summed E-state index contributed by atoms with van der Waals surface area (Å²) in [5.41, 5.74) is 3.10. The van der Waals surface area contributed by atoms with Crippen molar-refractivity contribution in [2.45, 2.75) is 26.5 Å². The van der Waals surface area contributed by atoms with Crippen LogP contribution < -0.4 is 4.90 Å².